The van der Waals surface area contributed by atoms with Gasteiger partial charge in [0.25, 0.3) is 5.91 Å². The smallest absolute Gasteiger partial charge is 0.252 e. The topological polar surface area (TPSA) is 41.8 Å². The zero-order valence-electron chi connectivity index (χ0n) is 5.29. The summed E-state index contributed by atoms with van der Waals surface area (Å²) in [4.78, 5) is 18.1. The number of hydrogen-bond acceptors (Lipinski definition) is 2. The zero-order chi connectivity index (χ0) is 6.69. The molecular formula is C6H8N2O. The van der Waals surface area contributed by atoms with Crippen LogP contribution in [0, 0.1) is 0 Å². The Hall–Kier alpha value is -0.990. The summed E-state index contributed by atoms with van der Waals surface area (Å²) in [6.07, 6.45) is 2.71. The van der Waals surface area contributed by atoms with Crippen LogP contribution in [0.25, 0.3) is 0 Å². The molecule has 0 aromatic heterocycles. The predicted octanol–water partition coefficient (Wildman–Crippen LogP) is 0.796. The number of nitrogens with zero attached hydrogens (tertiary/aromatic N) is 2. The Bertz CT molecular complexity index is 181. The molecule has 0 aromatic carbocycles. The van der Waals surface area contributed by atoms with Crippen molar-refractivity contribution < 1.29 is 4.79 Å². The molecule has 3 heteroatoms. The average Bonchev–Trinajstić information content (AvgIpc) is 1.88. The van der Waals surface area contributed by atoms with Gasteiger partial charge in [-0.2, -0.15) is 4.99 Å². The van der Waals surface area contributed by atoms with Gasteiger partial charge in [0.15, 0.2) is 0 Å². The third kappa shape index (κ3) is 1.45. The molecule has 1 heterocycles. The fraction of sp³-hybridized carbons (Fsp3) is 0.500. The molecule has 0 fully saturated rings. The summed E-state index contributed by atoms with van der Waals surface area (Å²) in [5.74, 6) is 0.563. The van der Waals surface area contributed by atoms with Crippen molar-refractivity contribution in [1.29, 1.82) is 0 Å². The van der Waals surface area contributed by atoms with Crippen molar-refractivity contribution in [3.8, 4) is 0 Å². The van der Waals surface area contributed by atoms with Gasteiger partial charge in [0.2, 0.25) is 0 Å². The van der Waals surface area contributed by atoms with Crippen LogP contribution in [0.3, 0.4) is 0 Å². The molecule has 0 spiro atoms. The van der Waals surface area contributed by atoms with Crippen LogP contribution >= 0.6 is 0 Å². The lowest BCUT2D eigenvalue weighted by molar-refractivity contribution is -0.116. The Morgan fingerprint density at radius 1 is 1.78 bits per heavy atom. The van der Waals surface area contributed by atoms with E-state index in [0.29, 0.717) is 12.3 Å². The van der Waals surface area contributed by atoms with Gasteiger partial charge in [-0.25, -0.2) is 4.99 Å². The minimum Gasteiger partial charge on any atom is -0.272 e. The summed E-state index contributed by atoms with van der Waals surface area (Å²) in [7, 11) is 0. The van der Waals surface area contributed by atoms with Crippen molar-refractivity contribution in [3.63, 3.8) is 0 Å². The van der Waals surface area contributed by atoms with Gasteiger partial charge in [0, 0.05) is 12.6 Å². The van der Waals surface area contributed by atoms with Gasteiger partial charge in [0.05, 0.1) is 6.42 Å². The Labute approximate surface area is 53.5 Å². The van der Waals surface area contributed by atoms with Gasteiger partial charge in [0.1, 0.15) is 5.84 Å². The lowest BCUT2D eigenvalue weighted by atomic mass is 10.3. The third-order valence-corrected chi connectivity index (χ3v) is 1.08. The van der Waals surface area contributed by atoms with E-state index in [1.54, 1.807) is 6.21 Å². The van der Waals surface area contributed by atoms with Crippen molar-refractivity contribution >= 4 is 18.0 Å². The van der Waals surface area contributed by atoms with Crippen LogP contribution in [0.15, 0.2) is 9.98 Å². The number of amides is 1. The highest BCUT2D eigenvalue weighted by atomic mass is 16.1. The maximum Gasteiger partial charge on any atom is 0.252 e. The van der Waals surface area contributed by atoms with Gasteiger partial charge in [-0.3, -0.25) is 4.79 Å². The molecule has 0 radical (unpaired) electrons. The maximum absolute atomic E-state index is 10.6. The summed E-state index contributed by atoms with van der Waals surface area (Å²) < 4.78 is 0. The summed E-state index contributed by atoms with van der Waals surface area (Å²) >= 11 is 0. The molecule has 0 atom stereocenters. The Balaban J connectivity index is 2.70. The number of rotatable bonds is 1. The molecule has 1 rings (SSSR count). The van der Waals surface area contributed by atoms with Gasteiger partial charge >= 0.3 is 0 Å². The quantitative estimate of drug-likeness (QED) is 0.509. The van der Waals surface area contributed by atoms with Gasteiger partial charge < -0.3 is 0 Å². The van der Waals surface area contributed by atoms with Crippen LogP contribution in [-0.4, -0.2) is 18.0 Å². The molecule has 0 saturated carbocycles. The second kappa shape index (κ2) is 2.53. The number of aliphatic imine (C=N–C) groups is 2. The molecule has 0 unspecified atom stereocenters. The number of amidine groups is 1. The second-order valence-electron chi connectivity index (χ2n) is 1.79. The van der Waals surface area contributed by atoms with Gasteiger partial charge in [-0.05, 0) is 0 Å². The molecule has 1 amide bonds. The second-order valence-corrected chi connectivity index (χ2v) is 1.79. The van der Waals surface area contributed by atoms with Crippen molar-refractivity contribution in [2.45, 2.75) is 19.8 Å². The van der Waals surface area contributed by atoms with Crippen molar-refractivity contribution in [3.05, 3.63) is 0 Å². The lowest BCUT2D eigenvalue weighted by Crippen LogP contribution is -2.06. The molecule has 0 aromatic rings. The van der Waals surface area contributed by atoms with E-state index in [-0.39, 0.29) is 5.91 Å². The van der Waals surface area contributed by atoms with Crippen molar-refractivity contribution in [2.24, 2.45) is 9.98 Å². The fourth-order valence-electron chi connectivity index (χ4n) is 0.618. The largest absolute Gasteiger partial charge is 0.272 e. The fourth-order valence-corrected chi connectivity index (χ4v) is 0.618. The summed E-state index contributed by atoms with van der Waals surface area (Å²) in [5.41, 5.74) is 0. The van der Waals surface area contributed by atoms with E-state index in [0.717, 1.165) is 6.42 Å². The lowest BCUT2D eigenvalue weighted by Gasteiger charge is -1.98. The number of hydrogen-bond donors (Lipinski definition) is 0. The van der Waals surface area contributed by atoms with E-state index in [2.05, 4.69) is 9.98 Å². The normalized spacial score (nSPS) is 17.9. The monoisotopic (exact) mass is 124 g/mol. The van der Waals surface area contributed by atoms with Crippen LogP contribution in [0.5, 0.6) is 0 Å². The van der Waals surface area contributed by atoms with Crippen LogP contribution in [-0.2, 0) is 4.79 Å². The molecule has 0 N–H and O–H groups in total. The first-order valence-corrected chi connectivity index (χ1v) is 2.96. The molecule has 0 bridgehead atoms. The first kappa shape index (κ1) is 6.13. The average molecular weight is 124 g/mol. The van der Waals surface area contributed by atoms with E-state index in [1.807, 2.05) is 6.92 Å². The van der Waals surface area contributed by atoms with Gasteiger partial charge in [-0.1, -0.05) is 6.92 Å². The third-order valence-electron chi connectivity index (χ3n) is 1.08. The molecule has 0 aliphatic carbocycles. The minimum atomic E-state index is -0.0816. The van der Waals surface area contributed by atoms with E-state index in [9.17, 15) is 4.79 Å². The van der Waals surface area contributed by atoms with Crippen LogP contribution in [0.2, 0.25) is 0 Å². The number of carbonyl (C=O) groups excluding carboxylic acids is 1. The minimum absolute atomic E-state index is 0.0816. The van der Waals surface area contributed by atoms with Crippen molar-refractivity contribution in [2.75, 3.05) is 0 Å². The highest BCUT2D eigenvalue weighted by molar-refractivity contribution is 6.06. The first-order valence-electron chi connectivity index (χ1n) is 2.96. The van der Waals surface area contributed by atoms with Crippen LogP contribution < -0.4 is 0 Å². The number of carbonyl (C=O) groups is 1. The van der Waals surface area contributed by atoms with E-state index < -0.39 is 0 Å². The molecule has 1 aliphatic rings. The molecule has 1 aliphatic heterocycles. The predicted molar refractivity (Wildman–Crippen MR) is 35.8 cm³/mol. The zero-order valence-corrected chi connectivity index (χ0v) is 5.29. The highest BCUT2D eigenvalue weighted by Crippen LogP contribution is 1.96. The van der Waals surface area contributed by atoms with Crippen molar-refractivity contribution in [1.82, 2.24) is 0 Å². The SMILES string of the molecule is CCC1=NC(=O)CC=N1. The summed E-state index contributed by atoms with van der Waals surface area (Å²) in [5, 5.41) is 0. The van der Waals surface area contributed by atoms with Crippen LogP contribution in [0.4, 0.5) is 0 Å². The van der Waals surface area contributed by atoms with E-state index in [4.69, 9.17) is 0 Å². The molecular weight excluding hydrogens is 116 g/mol. The first-order chi connectivity index (χ1) is 4.33. The molecule has 3 nitrogen and oxygen atoms in total. The molecule has 0 saturated heterocycles. The molecule has 9 heavy (non-hydrogen) atoms. The van der Waals surface area contributed by atoms with Crippen LogP contribution in [0.1, 0.15) is 19.8 Å². The summed E-state index contributed by atoms with van der Waals surface area (Å²) in [6, 6.07) is 0. The Morgan fingerprint density at radius 3 is 3.00 bits per heavy atom. The Kier molecular flexibility index (Phi) is 1.72. The maximum atomic E-state index is 10.6. The highest BCUT2D eigenvalue weighted by Gasteiger charge is 2.03. The van der Waals surface area contributed by atoms with E-state index in [1.165, 1.54) is 0 Å². The molecule has 48 valence electrons. The standard InChI is InChI=1S/C6H8N2O/c1-2-5-7-4-3-6(9)8-5/h4H,2-3H2,1H3. The summed E-state index contributed by atoms with van der Waals surface area (Å²) in [6.45, 7) is 1.93. The van der Waals surface area contributed by atoms with Gasteiger partial charge in [-0.15, -0.1) is 0 Å². The Morgan fingerprint density at radius 2 is 2.56 bits per heavy atom. The van der Waals surface area contributed by atoms with E-state index >= 15 is 0 Å².